The number of nitrogens with one attached hydrogen (secondary N) is 1. The number of aliphatic hydroxyl groups is 1. The first kappa shape index (κ1) is 16.7. The number of benzene rings is 1. The molecule has 108 valence electrons. The summed E-state index contributed by atoms with van der Waals surface area (Å²) in [6, 6.07) is 2.69. The topological polar surface area (TPSA) is 41.5 Å². The van der Waals surface area contributed by atoms with Crippen molar-refractivity contribution in [1.29, 1.82) is 0 Å². The summed E-state index contributed by atoms with van der Waals surface area (Å²) in [4.78, 5) is 0. The van der Waals surface area contributed by atoms with Gasteiger partial charge in [-0.1, -0.05) is 23.2 Å². The van der Waals surface area contributed by atoms with Crippen LogP contribution in [0.15, 0.2) is 12.1 Å². The van der Waals surface area contributed by atoms with Gasteiger partial charge in [0, 0.05) is 17.7 Å². The van der Waals surface area contributed by atoms with Crippen molar-refractivity contribution in [2.75, 3.05) is 26.4 Å². The smallest absolute Gasteiger partial charge is 0.142 e. The Balaban J connectivity index is 2.41. The Hall–Kier alpha value is -0.390. The van der Waals surface area contributed by atoms with E-state index in [9.17, 15) is 4.39 Å². The Morgan fingerprint density at radius 2 is 2.05 bits per heavy atom. The van der Waals surface area contributed by atoms with Crippen molar-refractivity contribution >= 4 is 23.2 Å². The van der Waals surface area contributed by atoms with Crippen LogP contribution in [-0.2, 0) is 4.74 Å². The van der Waals surface area contributed by atoms with E-state index >= 15 is 0 Å². The van der Waals surface area contributed by atoms with Gasteiger partial charge in [-0.2, -0.15) is 0 Å². The molecule has 2 N–H and O–H groups in total. The second kappa shape index (κ2) is 8.72. The lowest BCUT2D eigenvalue weighted by atomic mass is 10.1. The lowest BCUT2D eigenvalue weighted by Crippen LogP contribution is -2.21. The number of hydrogen-bond acceptors (Lipinski definition) is 3. The monoisotopic (exact) mass is 309 g/mol. The van der Waals surface area contributed by atoms with E-state index in [1.807, 2.05) is 6.92 Å². The third kappa shape index (κ3) is 5.63. The van der Waals surface area contributed by atoms with Crippen LogP contribution < -0.4 is 5.32 Å². The van der Waals surface area contributed by atoms with Crippen LogP contribution in [0.25, 0.3) is 0 Å². The van der Waals surface area contributed by atoms with Gasteiger partial charge in [-0.15, -0.1) is 0 Å². The van der Waals surface area contributed by atoms with Crippen molar-refractivity contribution in [2.24, 2.45) is 0 Å². The van der Waals surface area contributed by atoms with Crippen molar-refractivity contribution < 1.29 is 14.2 Å². The van der Waals surface area contributed by atoms with Gasteiger partial charge in [0.05, 0.1) is 18.2 Å². The molecule has 3 nitrogen and oxygen atoms in total. The summed E-state index contributed by atoms with van der Waals surface area (Å²) in [5.41, 5.74) is 0.680. The summed E-state index contributed by atoms with van der Waals surface area (Å²) in [5.74, 6) is -0.471. The molecule has 1 aromatic carbocycles. The molecule has 1 rings (SSSR count). The Bertz CT molecular complexity index is 404. The maximum atomic E-state index is 13.4. The van der Waals surface area contributed by atoms with Crippen LogP contribution in [0.3, 0.4) is 0 Å². The molecule has 1 atom stereocenters. The molecule has 0 aliphatic heterocycles. The van der Waals surface area contributed by atoms with E-state index in [0.29, 0.717) is 30.3 Å². The molecule has 0 saturated heterocycles. The van der Waals surface area contributed by atoms with Gasteiger partial charge in [0.15, 0.2) is 0 Å². The summed E-state index contributed by atoms with van der Waals surface area (Å²) in [6.07, 6.45) is 0.804. The maximum Gasteiger partial charge on any atom is 0.142 e. The Kier molecular flexibility index (Phi) is 7.64. The van der Waals surface area contributed by atoms with Gasteiger partial charge < -0.3 is 15.2 Å². The van der Waals surface area contributed by atoms with Crippen molar-refractivity contribution in [3.8, 4) is 0 Å². The van der Waals surface area contributed by atoms with Gasteiger partial charge >= 0.3 is 0 Å². The van der Waals surface area contributed by atoms with E-state index in [1.165, 1.54) is 12.1 Å². The molecule has 0 radical (unpaired) electrons. The molecule has 0 saturated carbocycles. The first-order chi connectivity index (χ1) is 9.06. The van der Waals surface area contributed by atoms with Crippen molar-refractivity contribution in [1.82, 2.24) is 5.32 Å². The van der Waals surface area contributed by atoms with Gasteiger partial charge in [-0.25, -0.2) is 4.39 Å². The van der Waals surface area contributed by atoms with Gasteiger partial charge in [0.1, 0.15) is 5.82 Å². The van der Waals surface area contributed by atoms with E-state index in [1.54, 1.807) is 0 Å². The molecule has 0 bridgehead atoms. The fourth-order valence-electron chi connectivity index (χ4n) is 1.64. The predicted octanol–water partition coefficient (Wildman–Crippen LogP) is 3.18. The van der Waals surface area contributed by atoms with Crippen LogP contribution in [0.4, 0.5) is 4.39 Å². The first-order valence-corrected chi connectivity index (χ1v) is 6.88. The summed E-state index contributed by atoms with van der Waals surface area (Å²) < 4.78 is 18.5. The summed E-state index contributed by atoms with van der Waals surface area (Å²) in [7, 11) is 0. The Morgan fingerprint density at radius 1 is 1.32 bits per heavy atom. The van der Waals surface area contributed by atoms with Crippen molar-refractivity contribution in [3.63, 3.8) is 0 Å². The highest BCUT2D eigenvalue weighted by Crippen LogP contribution is 2.28. The number of rotatable bonds is 8. The summed E-state index contributed by atoms with van der Waals surface area (Å²) in [6.45, 7) is 3.58. The average Bonchev–Trinajstić information content (AvgIpc) is 2.37. The molecular formula is C13H18Cl2FNO2. The zero-order valence-corrected chi connectivity index (χ0v) is 12.3. The Morgan fingerprint density at radius 3 is 2.74 bits per heavy atom. The molecule has 0 spiro atoms. The normalized spacial score (nSPS) is 12.7. The molecule has 1 aromatic rings. The lowest BCUT2D eigenvalue weighted by Gasteiger charge is -2.16. The largest absolute Gasteiger partial charge is 0.394 e. The molecule has 6 heteroatoms. The van der Waals surface area contributed by atoms with Crippen LogP contribution in [0, 0.1) is 5.82 Å². The highest BCUT2D eigenvalue weighted by Gasteiger charge is 2.12. The SMILES string of the molecule is CC(NCCCOCCO)c1cc(F)c(Cl)cc1Cl. The fourth-order valence-corrected chi connectivity index (χ4v) is 2.19. The van der Waals surface area contributed by atoms with Crippen LogP contribution >= 0.6 is 23.2 Å². The number of ether oxygens (including phenoxy) is 1. The van der Waals surface area contributed by atoms with Crippen molar-refractivity contribution in [3.05, 3.63) is 33.6 Å². The minimum atomic E-state index is -0.471. The van der Waals surface area contributed by atoms with Crippen LogP contribution in [0.2, 0.25) is 10.0 Å². The zero-order valence-electron chi connectivity index (χ0n) is 10.8. The maximum absolute atomic E-state index is 13.4. The minimum Gasteiger partial charge on any atom is -0.394 e. The predicted molar refractivity (Wildman–Crippen MR) is 75.4 cm³/mol. The molecule has 0 aliphatic carbocycles. The molecule has 0 aromatic heterocycles. The van der Waals surface area contributed by atoms with E-state index in [0.717, 1.165) is 6.42 Å². The Labute approximate surface area is 122 Å². The second-order valence-electron chi connectivity index (χ2n) is 4.15. The quantitative estimate of drug-likeness (QED) is 0.572. The highest BCUT2D eigenvalue weighted by atomic mass is 35.5. The van der Waals surface area contributed by atoms with Gasteiger partial charge in [0.25, 0.3) is 0 Å². The molecule has 0 amide bonds. The van der Waals surface area contributed by atoms with Gasteiger partial charge in [-0.05, 0) is 37.6 Å². The summed E-state index contributed by atoms with van der Waals surface area (Å²) in [5, 5.41) is 12.2. The molecule has 0 fully saturated rings. The first-order valence-electron chi connectivity index (χ1n) is 6.12. The number of halogens is 3. The van der Waals surface area contributed by atoms with Crippen LogP contribution in [0.5, 0.6) is 0 Å². The van der Waals surface area contributed by atoms with Crippen molar-refractivity contribution in [2.45, 2.75) is 19.4 Å². The lowest BCUT2D eigenvalue weighted by molar-refractivity contribution is 0.0904. The van der Waals surface area contributed by atoms with E-state index in [4.69, 9.17) is 33.0 Å². The van der Waals surface area contributed by atoms with E-state index < -0.39 is 5.82 Å². The summed E-state index contributed by atoms with van der Waals surface area (Å²) >= 11 is 11.7. The number of hydrogen-bond donors (Lipinski definition) is 2. The molecule has 0 aliphatic rings. The van der Waals surface area contributed by atoms with Crippen LogP contribution in [-0.4, -0.2) is 31.5 Å². The van der Waals surface area contributed by atoms with E-state index in [2.05, 4.69) is 5.32 Å². The fraction of sp³-hybridized carbons (Fsp3) is 0.538. The minimum absolute atomic E-state index is 0.0263. The zero-order chi connectivity index (χ0) is 14.3. The van der Waals surface area contributed by atoms with Gasteiger partial charge in [0.2, 0.25) is 0 Å². The molecule has 19 heavy (non-hydrogen) atoms. The number of aliphatic hydroxyl groups excluding tert-OH is 1. The second-order valence-corrected chi connectivity index (χ2v) is 4.97. The third-order valence-corrected chi connectivity index (χ3v) is 3.27. The molecular weight excluding hydrogens is 292 g/mol. The third-order valence-electron chi connectivity index (χ3n) is 2.66. The van der Waals surface area contributed by atoms with E-state index in [-0.39, 0.29) is 17.7 Å². The molecule has 1 unspecified atom stereocenters. The average molecular weight is 310 g/mol. The standard InChI is InChI=1S/C13H18Cl2FNO2/c1-9(17-3-2-5-19-6-4-18)10-7-13(16)12(15)8-11(10)14/h7-9,17-18H,2-6H2,1H3. The highest BCUT2D eigenvalue weighted by molar-refractivity contribution is 6.35. The van der Waals surface area contributed by atoms with Crippen LogP contribution in [0.1, 0.15) is 24.9 Å². The van der Waals surface area contributed by atoms with Gasteiger partial charge in [-0.3, -0.25) is 0 Å². The molecule has 0 heterocycles.